The Balaban J connectivity index is 2.08. The number of amides is 1. The molecule has 3 rings (SSSR count). The molecular formula is C30H39N3O5S. The monoisotopic (exact) mass is 553 g/mol. The second-order valence-electron chi connectivity index (χ2n) is 10.3. The number of hydrogen-bond donors (Lipinski definition) is 3. The Bertz CT molecular complexity index is 1360. The third-order valence-corrected chi connectivity index (χ3v) is 8.64. The maximum atomic E-state index is 14.2. The number of benzene rings is 3. The molecule has 1 amide bonds. The molecule has 0 heterocycles. The van der Waals surface area contributed by atoms with Gasteiger partial charge in [0.05, 0.1) is 11.0 Å². The highest BCUT2D eigenvalue weighted by Gasteiger charge is 2.49. The summed E-state index contributed by atoms with van der Waals surface area (Å²) < 4.78 is 35.3. The molecule has 0 bridgehead atoms. The highest BCUT2D eigenvalue weighted by atomic mass is 32.2. The highest BCUT2D eigenvalue weighted by molar-refractivity contribution is 7.89. The molecule has 39 heavy (non-hydrogen) atoms. The minimum absolute atomic E-state index is 0.0105. The van der Waals surface area contributed by atoms with Crippen LogP contribution in [0.5, 0.6) is 5.75 Å². The first-order valence-corrected chi connectivity index (χ1v) is 14.4. The van der Waals surface area contributed by atoms with Gasteiger partial charge in [0.2, 0.25) is 10.0 Å². The van der Waals surface area contributed by atoms with E-state index in [0.29, 0.717) is 11.4 Å². The molecule has 0 aliphatic rings. The molecule has 3 aromatic rings. The number of hydrogen-bond acceptors (Lipinski definition) is 6. The van der Waals surface area contributed by atoms with Crippen molar-refractivity contribution in [2.45, 2.75) is 57.7 Å². The number of nitrogens with one attached hydrogen (secondary N) is 1. The number of aliphatic hydroxyl groups is 1. The van der Waals surface area contributed by atoms with Gasteiger partial charge in [-0.25, -0.2) is 8.42 Å². The lowest BCUT2D eigenvalue weighted by Crippen LogP contribution is -2.70. The van der Waals surface area contributed by atoms with Crippen LogP contribution in [0.3, 0.4) is 0 Å². The fourth-order valence-electron chi connectivity index (χ4n) is 4.44. The molecular weight excluding hydrogens is 514 g/mol. The van der Waals surface area contributed by atoms with Gasteiger partial charge in [-0.1, -0.05) is 56.3 Å². The lowest BCUT2D eigenvalue weighted by Gasteiger charge is -2.46. The summed E-state index contributed by atoms with van der Waals surface area (Å²) in [7, 11) is -4.20. The minimum Gasteiger partial charge on any atom is -0.483 e. The number of rotatable bonds is 12. The Hall–Kier alpha value is -3.40. The highest BCUT2D eigenvalue weighted by Crippen LogP contribution is 2.31. The van der Waals surface area contributed by atoms with Gasteiger partial charge in [0.25, 0.3) is 5.91 Å². The predicted octanol–water partition coefficient (Wildman–Crippen LogP) is 4.05. The number of aliphatic hydroxyl groups excluding tert-OH is 1. The van der Waals surface area contributed by atoms with Crippen molar-refractivity contribution >= 4 is 21.6 Å². The van der Waals surface area contributed by atoms with Gasteiger partial charge in [-0.05, 0) is 73.7 Å². The smallest absolute Gasteiger partial charge is 0.259 e. The maximum absolute atomic E-state index is 14.2. The number of sulfonamides is 1. The van der Waals surface area contributed by atoms with E-state index in [1.54, 1.807) is 6.07 Å². The largest absolute Gasteiger partial charge is 0.483 e. The maximum Gasteiger partial charge on any atom is 0.259 e. The normalized spacial score (nSPS) is 14.2. The number of nitrogen functional groups attached to an aromatic ring is 1. The molecule has 3 aromatic carbocycles. The van der Waals surface area contributed by atoms with Gasteiger partial charge in [-0.2, -0.15) is 4.31 Å². The van der Waals surface area contributed by atoms with Crippen molar-refractivity contribution in [2.24, 2.45) is 5.92 Å². The summed E-state index contributed by atoms with van der Waals surface area (Å²) in [4.78, 5) is 13.4. The number of carbonyl (C=O) groups is 1. The fraction of sp³-hybridized carbons (Fsp3) is 0.367. The first-order valence-electron chi connectivity index (χ1n) is 13.0. The number of anilines is 1. The zero-order valence-corrected chi connectivity index (χ0v) is 24.0. The van der Waals surface area contributed by atoms with Crippen molar-refractivity contribution < 1.29 is 23.1 Å². The van der Waals surface area contributed by atoms with Crippen LogP contribution in [0.1, 0.15) is 37.5 Å². The van der Waals surface area contributed by atoms with Gasteiger partial charge in [0.15, 0.2) is 6.61 Å². The SMILES string of the molecule is Cc1cccc(OCC(=O)N[C@](Cc2ccccc2)([C@@H](C)O)N(CC(C)C)S(=O)(=O)c2ccc(N)cc2)c1C. The number of ether oxygens (including phenoxy) is 1. The van der Waals surface area contributed by atoms with E-state index in [1.807, 2.05) is 70.2 Å². The summed E-state index contributed by atoms with van der Waals surface area (Å²) in [6, 6.07) is 20.6. The second-order valence-corrected chi connectivity index (χ2v) is 12.2. The summed E-state index contributed by atoms with van der Waals surface area (Å²) in [6.45, 7) is 8.79. The van der Waals surface area contributed by atoms with E-state index in [0.717, 1.165) is 16.7 Å². The molecule has 8 nitrogen and oxygen atoms in total. The molecule has 0 aliphatic heterocycles. The van der Waals surface area contributed by atoms with Crippen LogP contribution in [0.15, 0.2) is 77.7 Å². The Kier molecular flexibility index (Phi) is 9.77. The summed E-state index contributed by atoms with van der Waals surface area (Å²) in [5.41, 5.74) is 7.19. The number of nitrogens with two attached hydrogens (primary N) is 1. The first-order chi connectivity index (χ1) is 18.4. The zero-order chi connectivity index (χ0) is 28.8. The van der Waals surface area contributed by atoms with Crippen molar-refractivity contribution in [2.75, 3.05) is 18.9 Å². The van der Waals surface area contributed by atoms with E-state index in [-0.39, 0.29) is 30.4 Å². The summed E-state index contributed by atoms with van der Waals surface area (Å²) in [6.07, 6.45) is -1.26. The fourth-order valence-corrected chi connectivity index (χ4v) is 6.36. The quantitative estimate of drug-likeness (QED) is 0.230. The molecule has 0 unspecified atom stereocenters. The van der Waals surface area contributed by atoms with Gasteiger partial charge in [-0.15, -0.1) is 0 Å². The Morgan fingerprint density at radius 1 is 1.00 bits per heavy atom. The number of aryl methyl sites for hydroxylation is 1. The van der Waals surface area contributed by atoms with E-state index in [2.05, 4.69) is 5.32 Å². The molecule has 210 valence electrons. The van der Waals surface area contributed by atoms with Crippen LogP contribution in [-0.4, -0.2) is 48.7 Å². The topological polar surface area (TPSA) is 122 Å². The molecule has 0 saturated carbocycles. The van der Waals surface area contributed by atoms with E-state index < -0.39 is 27.7 Å². The van der Waals surface area contributed by atoms with Crippen LogP contribution in [-0.2, 0) is 21.2 Å². The molecule has 0 fully saturated rings. The van der Waals surface area contributed by atoms with Crippen LogP contribution in [0.4, 0.5) is 5.69 Å². The molecule has 0 radical (unpaired) electrons. The van der Waals surface area contributed by atoms with Crippen LogP contribution in [0, 0.1) is 19.8 Å². The number of carbonyl (C=O) groups excluding carboxylic acids is 1. The predicted molar refractivity (Wildman–Crippen MR) is 154 cm³/mol. The third kappa shape index (κ3) is 7.17. The zero-order valence-electron chi connectivity index (χ0n) is 23.2. The molecule has 2 atom stereocenters. The summed E-state index contributed by atoms with van der Waals surface area (Å²) in [5, 5.41) is 14.2. The first kappa shape index (κ1) is 30.1. The van der Waals surface area contributed by atoms with E-state index in [1.165, 1.54) is 35.5 Å². The molecule has 0 saturated heterocycles. The van der Waals surface area contributed by atoms with Crippen molar-refractivity contribution in [3.63, 3.8) is 0 Å². The van der Waals surface area contributed by atoms with Gasteiger partial charge in [-0.3, -0.25) is 4.79 Å². The Morgan fingerprint density at radius 3 is 2.23 bits per heavy atom. The van der Waals surface area contributed by atoms with Gasteiger partial charge in [0, 0.05) is 18.7 Å². The third-order valence-electron chi connectivity index (χ3n) is 6.72. The van der Waals surface area contributed by atoms with E-state index in [4.69, 9.17) is 10.5 Å². The lowest BCUT2D eigenvalue weighted by molar-refractivity contribution is -0.130. The minimum atomic E-state index is -4.20. The van der Waals surface area contributed by atoms with E-state index >= 15 is 0 Å². The average Bonchev–Trinajstić information content (AvgIpc) is 2.88. The summed E-state index contributed by atoms with van der Waals surface area (Å²) in [5.74, 6) is -0.121. The summed E-state index contributed by atoms with van der Waals surface area (Å²) >= 11 is 0. The van der Waals surface area contributed by atoms with Crippen molar-refractivity contribution in [3.05, 3.63) is 89.5 Å². The van der Waals surface area contributed by atoms with Crippen LogP contribution >= 0.6 is 0 Å². The van der Waals surface area contributed by atoms with Crippen molar-refractivity contribution in [3.8, 4) is 5.75 Å². The second kappa shape index (κ2) is 12.6. The van der Waals surface area contributed by atoms with Crippen molar-refractivity contribution in [1.82, 2.24) is 9.62 Å². The molecule has 4 N–H and O–H groups in total. The average molecular weight is 554 g/mol. The molecule has 0 aromatic heterocycles. The van der Waals surface area contributed by atoms with Crippen LogP contribution in [0.25, 0.3) is 0 Å². The molecule has 0 spiro atoms. The molecule has 9 heteroatoms. The van der Waals surface area contributed by atoms with E-state index in [9.17, 15) is 18.3 Å². The standard InChI is InChI=1S/C30H39N3O5S/c1-21(2)19-33(39(36,37)27-16-14-26(31)15-17-27)30(24(5)34,18-25-11-7-6-8-12-25)32-29(35)20-38-28-13-9-10-22(3)23(28)4/h6-17,21,24,34H,18-20,31H2,1-5H3,(H,32,35)/t24-,30+/m1/s1. The van der Waals surface area contributed by atoms with Crippen molar-refractivity contribution in [1.29, 1.82) is 0 Å². The molecule has 0 aliphatic carbocycles. The number of nitrogens with zero attached hydrogens (tertiary/aromatic N) is 1. The lowest BCUT2D eigenvalue weighted by atomic mass is 9.93. The van der Waals surface area contributed by atoms with Gasteiger partial charge < -0.3 is 20.9 Å². The van der Waals surface area contributed by atoms with Crippen LogP contribution < -0.4 is 15.8 Å². The van der Waals surface area contributed by atoms with Gasteiger partial charge in [0.1, 0.15) is 11.4 Å². The Morgan fingerprint density at radius 2 is 1.64 bits per heavy atom. The van der Waals surface area contributed by atoms with Gasteiger partial charge >= 0.3 is 0 Å². The van der Waals surface area contributed by atoms with Crippen LogP contribution in [0.2, 0.25) is 0 Å². The Labute approximate surface area is 231 Å².